The van der Waals surface area contributed by atoms with Crippen LogP contribution >= 0.6 is 24.0 Å². The van der Waals surface area contributed by atoms with Gasteiger partial charge in [-0.2, -0.15) is 13.2 Å². The molecule has 0 spiro atoms. The number of benzene rings is 1. The zero-order chi connectivity index (χ0) is 19.8. The minimum Gasteiger partial charge on any atom is -0.396 e. The largest absolute Gasteiger partial charge is 0.416 e. The topological polar surface area (TPSA) is 65.9 Å². The predicted octanol–water partition coefficient (Wildman–Crippen LogP) is 3.21. The number of alkyl halides is 3. The second-order valence-electron chi connectivity index (χ2n) is 6.84. The first kappa shape index (κ1) is 25.0. The van der Waals surface area contributed by atoms with Crippen molar-refractivity contribution in [1.29, 1.82) is 0 Å². The van der Waals surface area contributed by atoms with E-state index in [0.717, 1.165) is 24.1 Å². The monoisotopic (exact) mass is 515 g/mol. The first-order chi connectivity index (χ1) is 12.9. The van der Waals surface area contributed by atoms with Gasteiger partial charge in [0.25, 0.3) is 0 Å². The number of rotatable bonds is 8. The van der Waals surface area contributed by atoms with Crippen molar-refractivity contribution in [2.45, 2.75) is 32.4 Å². The SMILES string of the molecule is CCNC(=NCC1(CCO)CCOC1)NCCc1ccc(C(F)(F)F)cc1.I. The number of nitrogens with zero attached hydrogens (tertiary/aromatic N) is 1. The van der Waals surface area contributed by atoms with Crippen LogP contribution in [0.15, 0.2) is 29.3 Å². The van der Waals surface area contributed by atoms with Crippen molar-refractivity contribution in [3.05, 3.63) is 35.4 Å². The first-order valence-corrected chi connectivity index (χ1v) is 9.25. The zero-order valence-corrected chi connectivity index (χ0v) is 18.3. The molecule has 5 nitrogen and oxygen atoms in total. The second kappa shape index (κ2) is 11.8. The molecule has 0 aromatic heterocycles. The molecule has 1 heterocycles. The molecular weight excluding hydrogens is 486 g/mol. The van der Waals surface area contributed by atoms with Crippen LogP contribution in [0.25, 0.3) is 0 Å². The predicted molar refractivity (Wildman–Crippen MR) is 114 cm³/mol. The lowest BCUT2D eigenvalue weighted by Gasteiger charge is -2.24. The van der Waals surface area contributed by atoms with Crippen LogP contribution in [0.5, 0.6) is 0 Å². The minimum absolute atomic E-state index is 0. The molecule has 0 bridgehead atoms. The molecule has 1 aliphatic heterocycles. The van der Waals surface area contributed by atoms with Gasteiger partial charge in [-0.1, -0.05) is 12.1 Å². The summed E-state index contributed by atoms with van der Waals surface area (Å²) in [6, 6.07) is 5.21. The van der Waals surface area contributed by atoms with Crippen LogP contribution in [-0.4, -0.2) is 50.5 Å². The lowest BCUT2D eigenvalue weighted by molar-refractivity contribution is -0.137. The van der Waals surface area contributed by atoms with E-state index in [4.69, 9.17) is 4.74 Å². The molecule has 9 heteroatoms. The van der Waals surface area contributed by atoms with Gasteiger partial charge in [-0.05, 0) is 43.9 Å². The molecule has 1 aromatic carbocycles. The number of aliphatic imine (C=N–C) groups is 1. The normalized spacial score (nSPS) is 20.0. The Morgan fingerprint density at radius 3 is 2.50 bits per heavy atom. The smallest absolute Gasteiger partial charge is 0.396 e. The fourth-order valence-electron chi connectivity index (χ4n) is 3.06. The number of nitrogens with one attached hydrogen (secondary N) is 2. The van der Waals surface area contributed by atoms with Crippen molar-refractivity contribution in [3.63, 3.8) is 0 Å². The van der Waals surface area contributed by atoms with E-state index in [1.165, 1.54) is 12.1 Å². The third kappa shape index (κ3) is 7.75. The number of guanidine groups is 1. The van der Waals surface area contributed by atoms with Crippen molar-refractivity contribution in [2.75, 3.05) is 39.5 Å². The van der Waals surface area contributed by atoms with Gasteiger partial charge in [0.2, 0.25) is 0 Å². The Morgan fingerprint density at radius 1 is 1.25 bits per heavy atom. The summed E-state index contributed by atoms with van der Waals surface area (Å²) in [5.41, 5.74) is 0.0687. The number of aliphatic hydroxyl groups excluding tert-OH is 1. The molecule has 3 N–H and O–H groups in total. The lowest BCUT2D eigenvalue weighted by atomic mass is 9.84. The minimum atomic E-state index is -4.31. The van der Waals surface area contributed by atoms with Gasteiger partial charge in [0.15, 0.2) is 5.96 Å². The highest BCUT2D eigenvalue weighted by Gasteiger charge is 2.34. The molecule has 0 aliphatic carbocycles. The Kier molecular flexibility index (Phi) is 10.5. The summed E-state index contributed by atoms with van der Waals surface area (Å²) in [6.45, 7) is 5.18. The number of ether oxygens (including phenoxy) is 1. The van der Waals surface area contributed by atoms with E-state index in [1.807, 2.05) is 6.92 Å². The number of aliphatic hydroxyl groups is 1. The van der Waals surface area contributed by atoms with Crippen LogP contribution in [0.2, 0.25) is 0 Å². The zero-order valence-electron chi connectivity index (χ0n) is 16.0. The van der Waals surface area contributed by atoms with Crippen LogP contribution < -0.4 is 10.6 Å². The molecule has 1 atom stereocenters. The van der Waals surface area contributed by atoms with E-state index < -0.39 is 11.7 Å². The Labute approximate surface area is 181 Å². The fourth-order valence-corrected chi connectivity index (χ4v) is 3.06. The molecule has 0 amide bonds. The number of halogens is 4. The van der Waals surface area contributed by atoms with Crippen molar-refractivity contribution >= 4 is 29.9 Å². The number of hydrogen-bond acceptors (Lipinski definition) is 3. The van der Waals surface area contributed by atoms with E-state index >= 15 is 0 Å². The van der Waals surface area contributed by atoms with E-state index in [2.05, 4.69) is 15.6 Å². The maximum atomic E-state index is 12.6. The van der Waals surface area contributed by atoms with E-state index in [9.17, 15) is 18.3 Å². The molecule has 2 rings (SSSR count). The van der Waals surface area contributed by atoms with Crippen LogP contribution in [-0.2, 0) is 17.3 Å². The van der Waals surface area contributed by atoms with Crippen molar-refractivity contribution in [2.24, 2.45) is 10.4 Å². The standard InChI is InChI=1S/C19H28F3N3O2.HI/c1-2-23-17(25-13-18(8-11-26)9-12-27-14-18)24-10-7-15-3-5-16(6-4-15)19(20,21)22;/h3-6,26H,2,7-14H2,1H3,(H2,23,24,25);1H. The van der Waals surface area contributed by atoms with E-state index in [1.54, 1.807) is 0 Å². The quantitative estimate of drug-likeness (QED) is 0.283. The molecule has 0 radical (unpaired) electrons. The van der Waals surface area contributed by atoms with Gasteiger partial charge in [0, 0.05) is 31.7 Å². The maximum absolute atomic E-state index is 12.6. The molecular formula is C19H29F3IN3O2. The highest BCUT2D eigenvalue weighted by atomic mass is 127. The third-order valence-electron chi connectivity index (χ3n) is 4.73. The fraction of sp³-hybridized carbons (Fsp3) is 0.632. The van der Waals surface area contributed by atoms with Gasteiger partial charge < -0.3 is 20.5 Å². The Bertz CT molecular complexity index is 603. The molecule has 1 unspecified atom stereocenters. The molecule has 160 valence electrons. The van der Waals surface area contributed by atoms with E-state index in [-0.39, 0.29) is 36.0 Å². The van der Waals surface area contributed by atoms with Crippen molar-refractivity contribution in [3.8, 4) is 0 Å². The highest BCUT2D eigenvalue weighted by Crippen LogP contribution is 2.32. The van der Waals surface area contributed by atoms with Gasteiger partial charge in [0.1, 0.15) is 0 Å². The maximum Gasteiger partial charge on any atom is 0.416 e. The second-order valence-corrected chi connectivity index (χ2v) is 6.84. The summed E-state index contributed by atoms with van der Waals surface area (Å²) in [5, 5.41) is 15.7. The van der Waals surface area contributed by atoms with Gasteiger partial charge in [0.05, 0.1) is 18.7 Å². The average Bonchev–Trinajstić information content (AvgIpc) is 3.08. The Hall–Kier alpha value is -1.07. The van der Waals surface area contributed by atoms with Crippen LogP contribution in [0, 0.1) is 5.41 Å². The average molecular weight is 515 g/mol. The lowest BCUT2D eigenvalue weighted by Crippen LogP contribution is -2.39. The summed E-state index contributed by atoms with van der Waals surface area (Å²) in [5.74, 6) is 0.661. The summed E-state index contributed by atoms with van der Waals surface area (Å²) < 4.78 is 43.3. The Morgan fingerprint density at radius 2 is 1.96 bits per heavy atom. The molecule has 28 heavy (non-hydrogen) atoms. The van der Waals surface area contributed by atoms with Crippen LogP contribution in [0.4, 0.5) is 13.2 Å². The highest BCUT2D eigenvalue weighted by molar-refractivity contribution is 14.0. The van der Waals surface area contributed by atoms with Crippen molar-refractivity contribution in [1.82, 2.24) is 10.6 Å². The molecule has 1 aromatic rings. The van der Waals surface area contributed by atoms with Crippen LogP contribution in [0.3, 0.4) is 0 Å². The summed E-state index contributed by atoms with van der Waals surface area (Å²) in [7, 11) is 0. The van der Waals surface area contributed by atoms with Crippen molar-refractivity contribution < 1.29 is 23.0 Å². The Balaban J connectivity index is 0.00000392. The number of hydrogen-bond donors (Lipinski definition) is 3. The van der Waals surface area contributed by atoms with Crippen LogP contribution in [0.1, 0.15) is 30.9 Å². The molecule has 1 fully saturated rings. The van der Waals surface area contributed by atoms with Gasteiger partial charge in [-0.15, -0.1) is 24.0 Å². The third-order valence-corrected chi connectivity index (χ3v) is 4.73. The van der Waals surface area contributed by atoms with Gasteiger partial charge >= 0.3 is 6.18 Å². The summed E-state index contributed by atoms with van der Waals surface area (Å²) in [4.78, 5) is 4.62. The molecule has 0 saturated carbocycles. The molecule has 1 aliphatic rings. The summed E-state index contributed by atoms with van der Waals surface area (Å²) >= 11 is 0. The summed E-state index contributed by atoms with van der Waals surface area (Å²) in [6.07, 6.45) is -2.19. The van der Waals surface area contributed by atoms with E-state index in [0.29, 0.717) is 51.6 Å². The van der Waals surface area contributed by atoms with Gasteiger partial charge in [-0.3, -0.25) is 4.99 Å². The van der Waals surface area contributed by atoms with Gasteiger partial charge in [-0.25, -0.2) is 0 Å². The molecule has 1 saturated heterocycles. The first-order valence-electron chi connectivity index (χ1n) is 9.25.